The van der Waals surface area contributed by atoms with Gasteiger partial charge in [0, 0.05) is 6.54 Å². The van der Waals surface area contributed by atoms with Crippen LogP contribution in [0.1, 0.15) is 36.0 Å². The van der Waals surface area contributed by atoms with Crippen LogP contribution in [0.2, 0.25) is 0 Å². The molecule has 0 saturated heterocycles. The van der Waals surface area contributed by atoms with Crippen molar-refractivity contribution in [2.75, 3.05) is 6.54 Å². The smallest absolute Gasteiger partial charge is 0.224 e. The molecule has 3 N–H and O–H groups in total. The highest BCUT2D eigenvalue weighted by molar-refractivity contribution is 7.80. The molecular weight excluding hydrogens is 256 g/mol. The minimum Gasteiger partial charge on any atom is -0.393 e. The summed E-state index contributed by atoms with van der Waals surface area (Å²) in [5.41, 5.74) is 8.94. The Hall–Kier alpha value is -1.42. The highest BCUT2D eigenvalue weighted by Crippen LogP contribution is 2.10. The van der Waals surface area contributed by atoms with Gasteiger partial charge in [-0.15, -0.1) is 0 Å². The minimum absolute atomic E-state index is 0.0681. The molecule has 0 aliphatic carbocycles. The summed E-state index contributed by atoms with van der Waals surface area (Å²) in [6.45, 7) is 4.82. The number of benzene rings is 1. The van der Waals surface area contributed by atoms with Crippen LogP contribution in [0.5, 0.6) is 0 Å². The van der Waals surface area contributed by atoms with E-state index in [0.717, 1.165) is 24.8 Å². The molecule has 0 aliphatic rings. The summed E-state index contributed by atoms with van der Waals surface area (Å²) >= 11 is 4.80. The molecule has 1 aromatic rings. The quantitative estimate of drug-likeness (QED) is 0.595. The summed E-state index contributed by atoms with van der Waals surface area (Å²) in [5.74, 6) is 0.0681. The lowest BCUT2D eigenvalue weighted by Gasteiger charge is -2.07. The van der Waals surface area contributed by atoms with E-state index in [4.69, 9.17) is 18.0 Å². The van der Waals surface area contributed by atoms with Crippen LogP contribution in [0.3, 0.4) is 0 Å². The fourth-order valence-corrected chi connectivity index (χ4v) is 1.96. The molecule has 19 heavy (non-hydrogen) atoms. The summed E-state index contributed by atoms with van der Waals surface area (Å²) in [5, 5.41) is 2.92. The number of nitrogens with two attached hydrogens (primary N) is 1. The molecule has 0 atom stereocenters. The van der Waals surface area contributed by atoms with E-state index in [1.54, 1.807) is 0 Å². The average molecular weight is 278 g/mol. The first-order valence-corrected chi connectivity index (χ1v) is 7.01. The lowest BCUT2D eigenvalue weighted by molar-refractivity contribution is -0.120. The van der Waals surface area contributed by atoms with Gasteiger partial charge in [0.05, 0.1) is 11.4 Å². The highest BCUT2D eigenvalue weighted by Gasteiger charge is 2.04. The Labute approximate surface area is 120 Å². The average Bonchev–Trinajstić information content (AvgIpc) is 2.33. The van der Waals surface area contributed by atoms with Crippen molar-refractivity contribution in [3.8, 4) is 0 Å². The van der Waals surface area contributed by atoms with Crippen LogP contribution in [0, 0.1) is 13.8 Å². The molecule has 1 rings (SSSR count). The molecule has 0 unspecified atom stereocenters. The number of unbranched alkanes of at least 4 members (excludes halogenated alkanes) is 1. The predicted molar refractivity (Wildman–Crippen MR) is 83.3 cm³/mol. The Bertz CT molecular complexity index is 457. The Morgan fingerprint density at radius 2 is 2.00 bits per heavy atom. The topological polar surface area (TPSA) is 55.1 Å². The number of amides is 1. The number of hydrogen-bond acceptors (Lipinski definition) is 2. The summed E-state index contributed by atoms with van der Waals surface area (Å²) in [6.07, 6.45) is 3.04. The number of aryl methyl sites for hydroxylation is 2. The Balaban J connectivity index is 2.27. The van der Waals surface area contributed by atoms with Gasteiger partial charge in [-0.1, -0.05) is 30.4 Å². The van der Waals surface area contributed by atoms with E-state index in [0.29, 0.717) is 18.0 Å². The van der Waals surface area contributed by atoms with E-state index in [2.05, 4.69) is 31.3 Å². The maximum atomic E-state index is 11.7. The molecule has 3 nitrogen and oxygen atoms in total. The second-order valence-electron chi connectivity index (χ2n) is 4.87. The molecule has 0 fully saturated rings. The predicted octanol–water partition coefficient (Wildman–Crippen LogP) is 2.42. The Morgan fingerprint density at radius 3 is 2.63 bits per heavy atom. The zero-order chi connectivity index (χ0) is 14.3. The lowest BCUT2D eigenvalue weighted by Crippen LogP contribution is -2.26. The van der Waals surface area contributed by atoms with Crippen LogP contribution >= 0.6 is 12.2 Å². The molecule has 4 heteroatoms. The maximum absolute atomic E-state index is 11.7. The number of hydrogen-bond donors (Lipinski definition) is 2. The number of carbonyl (C=O) groups excluding carboxylic acids is 1. The first-order valence-electron chi connectivity index (χ1n) is 6.60. The molecule has 0 aliphatic heterocycles. The molecule has 0 spiro atoms. The van der Waals surface area contributed by atoms with Crippen molar-refractivity contribution in [3.63, 3.8) is 0 Å². The fourth-order valence-electron chi connectivity index (χ4n) is 1.81. The van der Waals surface area contributed by atoms with Gasteiger partial charge in [0.2, 0.25) is 5.91 Å². The third-order valence-corrected chi connectivity index (χ3v) is 3.31. The molecule has 104 valence electrons. The highest BCUT2D eigenvalue weighted by atomic mass is 32.1. The largest absolute Gasteiger partial charge is 0.393 e. The molecule has 0 heterocycles. The van der Waals surface area contributed by atoms with Gasteiger partial charge in [-0.25, -0.2) is 0 Å². The van der Waals surface area contributed by atoms with E-state index in [-0.39, 0.29) is 5.91 Å². The summed E-state index contributed by atoms with van der Waals surface area (Å²) in [7, 11) is 0. The number of rotatable bonds is 7. The van der Waals surface area contributed by atoms with E-state index >= 15 is 0 Å². The second-order valence-corrected chi connectivity index (χ2v) is 5.39. The number of thiocarbonyl (C=S) groups is 1. The first-order chi connectivity index (χ1) is 8.99. The molecular formula is C15H22N2OS. The Morgan fingerprint density at radius 1 is 1.26 bits per heavy atom. The van der Waals surface area contributed by atoms with Crippen LogP contribution in [0.15, 0.2) is 18.2 Å². The minimum atomic E-state index is 0.0681. The Kier molecular flexibility index (Phi) is 6.50. The number of nitrogens with one attached hydrogen (secondary N) is 1. The summed E-state index contributed by atoms with van der Waals surface area (Å²) in [6, 6.07) is 6.14. The van der Waals surface area contributed by atoms with E-state index in [1.807, 2.05) is 6.07 Å². The third-order valence-electron chi connectivity index (χ3n) is 3.11. The van der Waals surface area contributed by atoms with E-state index in [9.17, 15) is 4.79 Å². The van der Waals surface area contributed by atoms with Crippen molar-refractivity contribution < 1.29 is 4.79 Å². The van der Waals surface area contributed by atoms with Crippen LogP contribution in [-0.4, -0.2) is 17.4 Å². The third kappa shape index (κ3) is 6.34. The first kappa shape index (κ1) is 15.6. The van der Waals surface area contributed by atoms with Crippen LogP contribution in [0.4, 0.5) is 0 Å². The molecule has 0 saturated carbocycles. The lowest BCUT2D eigenvalue weighted by atomic mass is 10.0. The zero-order valence-corrected chi connectivity index (χ0v) is 12.5. The van der Waals surface area contributed by atoms with Crippen molar-refractivity contribution in [1.29, 1.82) is 0 Å². The second kappa shape index (κ2) is 7.89. The van der Waals surface area contributed by atoms with Gasteiger partial charge >= 0.3 is 0 Å². The standard InChI is InChI=1S/C15H22N2OS/c1-11-6-7-13(9-12(11)2)10-15(18)17-8-4-3-5-14(16)19/h6-7,9H,3-5,8,10H2,1-2H3,(H2,16,19)(H,17,18). The summed E-state index contributed by atoms with van der Waals surface area (Å²) < 4.78 is 0. The van der Waals surface area contributed by atoms with Crippen molar-refractivity contribution >= 4 is 23.1 Å². The van der Waals surface area contributed by atoms with E-state index < -0.39 is 0 Å². The fraction of sp³-hybridized carbons (Fsp3) is 0.467. The van der Waals surface area contributed by atoms with Gasteiger partial charge in [-0.05, 0) is 49.8 Å². The van der Waals surface area contributed by atoms with Crippen LogP contribution in [0.25, 0.3) is 0 Å². The van der Waals surface area contributed by atoms with Gasteiger partial charge in [0.1, 0.15) is 0 Å². The van der Waals surface area contributed by atoms with Gasteiger partial charge in [-0.3, -0.25) is 4.79 Å². The van der Waals surface area contributed by atoms with Gasteiger partial charge in [0.15, 0.2) is 0 Å². The van der Waals surface area contributed by atoms with Crippen molar-refractivity contribution in [2.24, 2.45) is 5.73 Å². The zero-order valence-electron chi connectivity index (χ0n) is 11.7. The monoisotopic (exact) mass is 278 g/mol. The van der Waals surface area contributed by atoms with Gasteiger partial charge in [0.25, 0.3) is 0 Å². The molecule has 0 radical (unpaired) electrons. The van der Waals surface area contributed by atoms with Crippen LogP contribution < -0.4 is 11.1 Å². The van der Waals surface area contributed by atoms with Gasteiger partial charge in [-0.2, -0.15) is 0 Å². The van der Waals surface area contributed by atoms with Gasteiger partial charge < -0.3 is 11.1 Å². The van der Waals surface area contributed by atoms with Crippen molar-refractivity contribution in [1.82, 2.24) is 5.32 Å². The molecule has 0 bridgehead atoms. The van der Waals surface area contributed by atoms with E-state index in [1.165, 1.54) is 11.1 Å². The normalized spacial score (nSPS) is 10.2. The molecule has 0 aromatic heterocycles. The van der Waals surface area contributed by atoms with Crippen molar-refractivity contribution in [2.45, 2.75) is 39.5 Å². The SMILES string of the molecule is Cc1ccc(CC(=O)NCCCCC(N)=S)cc1C. The van der Waals surface area contributed by atoms with Crippen LogP contribution in [-0.2, 0) is 11.2 Å². The maximum Gasteiger partial charge on any atom is 0.224 e. The molecule has 1 amide bonds. The molecule has 1 aromatic carbocycles. The van der Waals surface area contributed by atoms with Crippen molar-refractivity contribution in [3.05, 3.63) is 34.9 Å². The summed E-state index contributed by atoms with van der Waals surface area (Å²) in [4.78, 5) is 12.3. The number of carbonyl (C=O) groups is 1.